The van der Waals surface area contributed by atoms with Crippen molar-refractivity contribution in [3.8, 4) is 0 Å². The molecule has 0 radical (unpaired) electrons. The molecule has 3 nitrogen and oxygen atoms in total. The second kappa shape index (κ2) is 3.97. The van der Waals surface area contributed by atoms with Gasteiger partial charge in [0.1, 0.15) is 11.6 Å². The molecule has 2 fully saturated rings. The minimum Gasteiger partial charge on any atom is -0.373 e. The second-order valence-electron chi connectivity index (χ2n) is 5.79. The van der Waals surface area contributed by atoms with Gasteiger partial charge in [-0.25, -0.2) is 9.97 Å². The van der Waals surface area contributed by atoms with Gasteiger partial charge in [0.15, 0.2) is 0 Å². The van der Waals surface area contributed by atoms with E-state index in [1.807, 2.05) is 7.05 Å². The lowest BCUT2D eigenvalue weighted by Crippen LogP contribution is -2.12. The van der Waals surface area contributed by atoms with E-state index in [0.29, 0.717) is 5.92 Å². The van der Waals surface area contributed by atoms with Crippen LogP contribution >= 0.6 is 0 Å². The van der Waals surface area contributed by atoms with Crippen molar-refractivity contribution in [3.05, 3.63) is 17.6 Å². The maximum atomic E-state index is 4.85. The Bertz CT molecular complexity index is 417. The highest BCUT2D eigenvalue weighted by Crippen LogP contribution is 2.46. The summed E-state index contributed by atoms with van der Waals surface area (Å²) in [5, 5.41) is 3.18. The van der Waals surface area contributed by atoms with Crippen molar-refractivity contribution in [2.45, 2.75) is 56.8 Å². The molecule has 2 aliphatic rings. The normalized spacial score (nSPS) is 22.7. The molecule has 2 saturated carbocycles. The number of hydrogen-bond acceptors (Lipinski definition) is 3. The van der Waals surface area contributed by atoms with Gasteiger partial charge in [0.05, 0.1) is 0 Å². The first-order valence-electron chi connectivity index (χ1n) is 6.78. The van der Waals surface area contributed by atoms with Gasteiger partial charge < -0.3 is 5.32 Å². The molecule has 92 valence electrons. The molecule has 1 aromatic rings. The number of anilines is 1. The standard InChI is InChI=1S/C14H21N3/c1-14(7-8-14)13-16-11(9-12(15-2)17-13)10-5-3-4-6-10/h9-10H,3-8H2,1-2H3,(H,15,16,17). The van der Waals surface area contributed by atoms with Gasteiger partial charge in [0.25, 0.3) is 0 Å². The number of hydrogen-bond donors (Lipinski definition) is 1. The number of nitrogens with one attached hydrogen (secondary N) is 1. The highest BCUT2D eigenvalue weighted by Gasteiger charge is 2.42. The van der Waals surface area contributed by atoms with Gasteiger partial charge in [-0.15, -0.1) is 0 Å². The van der Waals surface area contributed by atoms with Gasteiger partial charge in [0, 0.05) is 30.1 Å². The van der Waals surface area contributed by atoms with Gasteiger partial charge in [0.2, 0.25) is 0 Å². The molecule has 0 spiro atoms. The SMILES string of the molecule is CNc1cc(C2CCCC2)nc(C2(C)CC2)n1. The van der Waals surface area contributed by atoms with E-state index in [9.17, 15) is 0 Å². The number of nitrogens with zero attached hydrogens (tertiary/aromatic N) is 2. The van der Waals surface area contributed by atoms with Crippen molar-refractivity contribution in [2.24, 2.45) is 0 Å². The van der Waals surface area contributed by atoms with E-state index in [1.165, 1.54) is 44.2 Å². The Hall–Kier alpha value is -1.12. The van der Waals surface area contributed by atoms with E-state index in [-0.39, 0.29) is 5.41 Å². The summed E-state index contributed by atoms with van der Waals surface area (Å²) in [5.74, 6) is 2.72. The van der Waals surface area contributed by atoms with Crippen LogP contribution in [0.15, 0.2) is 6.07 Å². The fourth-order valence-corrected chi connectivity index (χ4v) is 2.71. The summed E-state index contributed by atoms with van der Waals surface area (Å²) in [7, 11) is 1.94. The Morgan fingerprint density at radius 3 is 2.53 bits per heavy atom. The average molecular weight is 231 g/mol. The Labute approximate surface area is 103 Å². The lowest BCUT2D eigenvalue weighted by Gasteiger charge is -2.15. The molecule has 3 heteroatoms. The summed E-state index contributed by atoms with van der Waals surface area (Å²) in [6, 6.07) is 2.14. The minimum atomic E-state index is 0.264. The monoisotopic (exact) mass is 231 g/mol. The molecule has 0 unspecified atom stereocenters. The van der Waals surface area contributed by atoms with E-state index in [4.69, 9.17) is 4.98 Å². The Kier molecular flexibility index (Phi) is 2.57. The minimum absolute atomic E-state index is 0.264. The molecule has 0 saturated heterocycles. The summed E-state index contributed by atoms with van der Waals surface area (Å²) in [6.07, 6.45) is 7.80. The molecule has 0 aromatic carbocycles. The fraction of sp³-hybridized carbons (Fsp3) is 0.714. The van der Waals surface area contributed by atoms with Gasteiger partial charge in [-0.1, -0.05) is 19.8 Å². The summed E-state index contributed by atoms with van der Waals surface area (Å²) < 4.78 is 0. The van der Waals surface area contributed by atoms with Gasteiger partial charge >= 0.3 is 0 Å². The van der Waals surface area contributed by atoms with Crippen LogP contribution in [0.4, 0.5) is 5.82 Å². The highest BCUT2D eigenvalue weighted by atomic mass is 15.0. The third-order valence-corrected chi connectivity index (χ3v) is 4.32. The summed E-state index contributed by atoms with van der Waals surface area (Å²) in [5.41, 5.74) is 1.53. The van der Waals surface area contributed by atoms with Crippen LogP contribution in [0.1, 0.15) is 62.9 Å². The van der Waals surface area contributed by atoms with Crippen molar-refractivity contribution in [3.63, 3.8) is 0 Å². The molecule has 1 aromatic heterocycles. The van der Waals surface area contributed by atoms with Crippen LogP contribution in [-0.4, -0.2) is 17.0 Å². The first-order valence-corrected chi connectivity index (χ1v) is 6.78. The summed E-state index contributed by atoms with van der Waals surface area (Å²) in [4.78, 5) is 9.48. The molecule has 1 heterocycles. The van der Waals surface area contributed by atoms with E-state index >= 15 is 0 Å². The topological polar surface area (TPSA) is 37.8 Å². The van der Waals surface area contributed by atoms with Crippen molar-refractivity contribution in [1.82, 2.24) is 9.97 Å². The summed E-state index contributed by atoms with van der Waals surface area (Å²) in [6.45, 7) is 2.28. The molecular weight excluding hydrogens is 210 g/mol. The van der Waals surface area contributed by atoms with Gasteiger partial charge in [-0.3, -0.25) is 0 Å². The third kappa shape index (κ3) is 2.03. The van der Waals surface area contributed by atoms with Crippen LogP contribution in [0.25, 0.3) is 0 Å². The van der Waals surface area contributed by atoms with Crippen LogP contribution in [0.2, 0.25) is 0 Å². The van der Waals surface area contributed by atoms with E-state index in [2.05, 4.69) is 23.3 Å². The zero-order valence-electron chi connectivity index (χ0n) is 10.8. The van der Waals surface area contributed by atoms with Crippen LogP contribution in [0, 0.1) is 0 Å². The smallest absolute Gasteiger partial charge is 0.136 e. The van der Waals surface area contributed by atoms with Crippen LogP contribution in [0.3, 0.4) is 0 Å². The Balaban J connectivity index is 1.96. The quantitative estimate of drug-likeness (QED) is 0.868. The number of aromatic nitrogens is 2. The Morgan fingerprint density at radius 1 is 1.24 bits per heavy atom. The van der Waals surface area contributed by atoms with Gasteiger partial charge in [-0.2, -0.15) is 0 Å². The van der Waals surface area contributed by atoms with Crippen molar-refractivity contribution < 1.29 is 0 Å². The fourth-order valence-electron chi connectivity index (χ4n) is 2.71. The number of rotatable bonds is 3. The Morgan fingerprint density at radius 2 is 1.94 bits per heavy atom. The maximum Gasteiger partial charge on any atom is 0.136 e. The molecule has 1 N–H and O–H groups in total. The lowest BCUT2D eigenvalue weighted by molar-refractivity contribution is 0.650. The molecular formula is C14H21N3. The highest BCUT2D eigenvalue weighted by molar-refractivity contribution is 5.38. The predicted molar refractivity (Wildman–Crippen MR) is 69.4 cm³/mol. The van der Waals surface area contributed by atoms with E-state index in [1.54, 1.807) is 0 Å². The van der Waals surface area contributed by atoms with E-state index in [0.717, 1.165) is 11.6 Å². The van der Waals surface area contributed by atoms with Crippen molar-refractivity contribution >= 4 is 5.82 Å². The average Bonchev–Trinajstić information content (AvgIpc) is 2.91. The van der Waals surface area contributed by atoms with Crippen molar-refractivity contribution in [1.29, 1.82) is 0 Å². The predicted octanol–water partition coefficient (Wildman–Crippen LogP) is 3.23. The first kappa shape index (κ1) is 11.0. The molecule has 3 rings (SSSR count). The van der Waals surface area contributed by atoms with Gasteiger partial charge in [-0.05, 0) is 25.7 Å². The molecule has 0 aliphatic heterocycles. The van der Waals surface area contributed by atoms with E-state index < -0.39 is 0 Å². The van der Waals surface area contributed by atoms with Crippen LogP contribution in [0.5, 0.6) is 0 Å². The molecule has 0 atom stereocenters. The zero-order chi connectivity index (χ0) is 11.9. The second-order valence-corrected chi connectivity index (χ2v) is 5.79. The molecule has 0 bridgehead atoms. The summed E-state index contributed by atoms with van der Waals surface area (Å²) >= 11 is 0. The third-order valence-electron chi connectivity index (χ3n) is 4.32. The maximum absolute atomic E-state index is 4.85. The van der Waals surface area contributed by atoms with Crippen LogP contribution < -0.4 is 5.32 Å². The lowest BCUT2D eigenvalue weighted by atomic mass is 10.0. The molecule has 17 heavy (non-hydrogen) atoms. The van der Waals surface area contributed by atoms with Crippen LogP contribution in [-0.2, 0) is 5.41 Å². The molecule has 2 aliphatic carbocycles. The van der Waals surface area contributed by atoms with Crippen molar-refractivity contribution in [2.75, 3.05) is 12.4 Å². The largest absolute Gasteiger partial charge is 0.373 e. The zero-order valence-corrected chi connectivity index (χ0v) is 10.8. The molecule has 0 amide bonds. The first-order chi connectivity index (χ1) is 8.21.